The number of rotatable bonds is 7. The van der Waals surface area contributed by atoms with Crippen LogP contribution in [-0.2, 0) is 9.53 Å². The van der Waals surface area contributed by atoms with Crippen molar-refractivity contribution in [3.63, 3.8) is 0 Å². The fourth-order valence-corrected chi connectivity index (χ4v) is 3.33. The van der Waals surface area contributed by atoms with Gasteiger partial charge in [0.15, 0.2) is 6.10 Å². The van der Waals surface area contributed by atoms with Gasteiger partial charge in [-0.25, -0.2) is 4.79 Å². The summed E-state index contributed by atoms with van der Waals surface area (Å²) in [6.45, 7) is 2.09. The summed E-state index contributed by atoms with van der Waals surface area (Å²) in [6, 6.07) is 20.8. The molecule has 1 heterocycles. The predicted molar refractivity (Wildman–Crippen MR) is 114 cm³/mol. The molecule has 1 atom stereocenters. The first-order chi connectivity index (χ1) is 14.1. The van der Waals surface area contributed by atoms with E-state index in [1.54, 1.807) is 13.0 Å². The summed E-state index contributed by atoms with van der Waals surface area (Å²) in [6.07, 6.45) is -0.748. The number of carbonyl (C=O) groups excluding carboxylic acids is 1. The lowest BCUT2D eigenvalue weighted by molar-refractivity contribution is -0.151. The third-order valence-corrected chi connectivity index (χ3v) is 4.88. The molecule has 0 bridgehead atoms. The standard InChI is InChI=1S/C23H19BrO5/c1-15(23(25)27-12-11-26-17-5-3-2-4-6-17)28-18-8-10-20-19-9-7-16(24)13-21(19)29-22(20)14-18/h2-10,13-15H,11-12H2,1H3. The zero-order chi connectivity index (χ0) is 20.2. The Morgan fingerprint density at radius 3 is 2.45 bits per heavy atom. The smallest absolute Gasteiger partial charge is 0.347 e. The summed E-state index contributed by atoms with van der Waals surface area (Å²) < 4.78 is 23.3. The van der Waals surface area contributed by atoms with Gasteiger partial charge in [0.1, 0.15) is 35.9 Å². The fraction of sp³-hybridized carbons (Fsp3) is 0.174. The van der Waals surface area contributed by atoms with Crippen molar-refractivity contribution in [3.8, 4) is 11.5 Å². The molecule has 0 fully saturated rings. The maximum atomic E-state index is 12.2. The molecule has 0 N–H and O–H groups in total. The summed E-state index contributed by atoms with van der Waals surface area (Å²) in [4.78, 5) is 12.2. The first kappa shape index (κ1) is 19.3. The number of hydrogen-bond donors (Lipinski definition) is 0. The molecule has 4 rings (SSSR count). The van der Waals surface area contributed by atoms with Crippen molar-refractivity contribution < 1.29 is 23.4 Å². The Kier molecular flexibility index (Phi) is 5.71. The van der Waals surface area contributed by atoms with E-state index in [2.05, 4.69) is 15.9 Å². The second kappa shape index (κ2) is 8.57. The van der Waals surface area contributed by atoms with Crippen molar-refractivity contribution >= 4 is 43.8 Å². The van der Waals surface area contributed by atoms with Crippen LogP contribution >= 0.6 is 15.9 Å². The molecule has 3 aromatic carbocycles. The number of esters is 1. The molecule has 0 saturated carbocycles. The number of halogens is 1. The molecule has 0 aliphatic rings. The van der Waals surface area contributed by atoms with E-state index in [-0.39, 0.29) is 13.2 Å². The van der Waals surface area contributed by atoms with Gasteiger partial charge in [-0.1, -0.05) is 34.1 Å². The predicted octanol–water partition coefficient (Wildman–Crippen LogP) is 5.74. The van der Waals surface area contributed by atoms with Gasteiger partial charge in [-0.15, -0.1) is 0 Å². The molecule has 0 aliphatic carbocycles. The van der Waals surface area contributed by atoms with Crippen LogP contribution in [-0.4, -0.2) is 25.3 Å². The average molecular weight is 455 g/mol. The van der Waals surface area contributed by atoms with Gasteiger partial charge in [-0.3, -0.25) is 0 Å². The molecular weight excluding hydrogens is 436 g/mol. The van der Waals surface area contributed by atoms with E-state index in [1.165, 1.54) is 0 Å². The molecule has 148 valence electrons. The molecular formula is C23H19BrO5. The topological polar surface area (TPSA) is 57.9 Å². The maximum absolute atomic E-state index is 12.2. The van der Waals surface area contributed by atoms with Crippen LogP contribution in [0.3, 0.4) is 0 Å². The Morgan fingerprint density at radius 2 is 1.66 bits per heavy atom. The molecule has 0 radical (unpaired) electrons. The Balaban J connectivity index is 1.34. The van der Waals surface area contributed by atoms with Crippen molar-refractivity contribution in [2.75, 3.05) is 13.2 Å². The average Bonchev–Trinajstić information content (AvgIpc) is 3.08. The third-order valence-electron chi connectivity index (χ3n) is 4.39. The molecule has 1 aromatic heterocycles. The summed E-state index contributed by atoms with van der Waals surface area (Å²) >= 11 is 3.45. The largest absolute Gasteiger partial charge is 0.490 e. The van der Waals surface area contributed by atoms with E-state index < -0.39 is 12.1 Å². The van der Waals surface area contributed by atoms with Gasteiger partial charge in [-0.05, 0) is 49.4 Å². The molecule has 29 heavy (non-hydrogen) atoms. The highest BCUT2D eigenvalue weighted by atomic mass is 79.9. The third kappa shape index (κ3) is 4.54. The van der Waals surface area contributed by atoms with E-state index in [9.17, 15) is 4.79 Å². The zero-order valence-electron chi connectivity index (χ0n) is 15.8. The van der Waals surface area contributed by atoms with Gasteiger partial charge >= 0.3 is 5.97 Å². The van der Waals surface area contributed by atoms with Crippen molar-refractivity contribution in [3.05, 3.63) is 71.2 Å². The van der Waals surface area contributed by atoms with Gasteiger partial charge in [0, 0.05) is 21.3 Å². The van der Waals surface area contributed by atoms with Gasteiger partial charge in [0.25, 0.3) is 0 Å². The summed E-state index contributed by atoms with van der Waals surface area (Å²) in [5, 5.41) is 2.02. The lowest BCUT2D eigenvalue weighted by atomic mass is 10.1. The molecule has 0 saturated heterocycles. The zero-order valence-corrected chi connectivity index (χ0v) is 17.3. The van der Waals surface area contributed by atoms with Crippen LogP contribution in [0.25, 0.3) is 21.9 Å². The number of fused-ring (bicyclic) bond motifs is 3. The van der Waals surface area contributed by atoms with Gasteiger partial charge < -0.3 is 18.6 Å². The Bertz CT molecular complexity index is 1140. The van der Waals surface area contributed by atoms with Gasteiger partial charge in [0.2, 0.25) is 0 Å². The first-order valence-electron chi connectivity index (χ1n) is 9.23. The Labute approximate surface area is 176 Å². The minimum Gasteiger partial charge on any atom is -0.490 e. The van der Waals surface area contributed by atoms with Crippen molar-refractivity contribution in [1.82, 2.24) is 0 Å². The minimum absolute atomic E-state index is 0.152. The normalized spacial score (nSPS) is 12.1. The summed E-state index contributed by atoms with van der Waals surface area (Å²) in [5.74, 6) is 0.829. The highest BCUT2D eigenvalue weighted by molar-refractivity contribution is 9.10. The second-order valence-electron chi connectivity index (χ2n) is 6.49. The maximum Gasteiger partial charge on any atom is 0.347 e. The molecule has 5 nitrogen and oxygen atoms in total. The van der Waals surface area contributed by atoms with Crippen LogP contribution < -0.4 is 9.47 Å². The molecule has 4 aromatic rings. The minimum atomic E-state index is -0.748. The van der Waals surface area contributed by atoms with Gasteiger partial charge in [0.05, 0.1) is 0 Å². The molecule has 6 heteroatoms. The van der Waals surface area contributed by atoms with Crippen LogP contribution in [0.4, 0.5) is 0 Å². The Morgan fingerprint density at radius 1 is 0.931 bits per heavy atom. The molecule has 0 aliphatic heterocycles. The number of furan rings is 1. The highest BCUT2D eigenvalue weighted by Crippen LogP contribution is 2.33. The summed E-state index contributed by atoms with van der Waals surface area (Å²) in [5.41, 5.74) is 1.49. The number of para-hydroxylation sites is 1. The fourth-order valence-electron chi connectivity index (χ4n) is 2.99. The van der Waals surface area contributed by atoms with Crippen LogP contribution in [0.15, 0.2) is 75.6 Å². The number of carbonyl (C=O) groups is 1. The van der Waals surface area contributed by atoms with E-state index in [4.69, 9.17) is 18.6 Å². The Hall–Kier alpha value is -2.99. The number of ether oxygens (including phenoxy) is 3. The lowest BCUT2D eigenvalue weighted by Gasteiger charge is -2.14. The van der Waals surface area contributed by atoms with E-state index in [1.807, 2.05) is 60.7 Å². The first-order valence-corrected chi connectivity index (χ1v) is 10.0. The van der Waals surface area contributed by atoms with Crippen LogP contribution in [0.1, 0.15) is 6.92 Å². The van der Waals surface area contributed by atoms with Crippen LogP contribution in [0, 0.1) is 0 Å². The second-order valence-corrected chi connectivity index (χ2v) is 7.41. The van der Waals surface area contributed by atoms with E-state index >= 15 is 0 Å². The quantitative estimate of drug-likeness (QED) is 0.263. The number of hydrogen-bond acceptors (Lipinski definition) is 5. The van der Waals surface area contributed by atoms with Crippen LogP contribution in [0.2, 0.25) is 0 Å². The molecule has 1 unspecified atom stereocenters. The number of benzene rings is 3. The van der Waals surface area contributed by atoms with Crippen LogP contribution in [0.5, 0.6) is 11.5 Å². The van der Waals surface area contributed by atoms with Crippen molar-refractivity contribution in [2.24, 2.45) is 0 Å². The molecule has 0 amide bonds. The molecule has 0 spiro atoms. The SMILES string of the molecule is CC(Oc1ccc2c(c1)oc1cc(Br)ccc12)C(=O)OCCOc1ccccc1. The van der Waals surface area contributed by atoms with Crippen molar-refractivity contribution in [2.45, 2.75) is 13.0 Å². The van der Waals surface area contributed by atoms with Crippen molar-refractivity contribution in [1.29, 1.82) is 0 Å². The van der Waals surface area contributed by atoms with Gasteiger partial charge in [-0.2, -0.15) is 0 Å². The van der Waals surface area contributed by atoms with E-state index in [0.717, 1.165) is 26.6 Å². The monoisotopic (exact) mass is 454 g/mol. The summed E-state index contributed by atoms with van der Waals surface area (Å²) in [7, 11) is 0. The highest BCUT2D eigenvalue weighted by Gasteiger charge is 2.17. The van der Waals surface area contributed by atoms with E-state index in [0.29, 0.717) is 11.3 Å². The lowest BCUT2D eigenvalue weighted by Crippen LogP contribution is -2.27.